The summed E-state index contributed by atoms with van der Waals surface area (Å²) in [6.07, 6.45) is 4.41. The molecule has 1 unspecified atom stereocenters. The molecule has 0 aromatic heterocycles. The molecule has 0 spiro atoms. The van der Waals surface area contributed by atoms with Crippen LogP contribution < -0.4 is 10.6 Å². The van der Waals surface area contributed by atoms with Gasteiger partial charge >= 0.3 is 11.8 Å². The topological polar surface area (TPSA) is 58.2 Å². The van der Waals surface area contributed by atoms with Gasteiger partial charge in [0.15, 0.2) is 0 Å². The van der Waals surface area contributed by atoms with Crippen molar-refractivity contribution in [1.82, 2.24) is 5.32 Å². The van der Waals surface area contributed by atoms with Gasteiger partial charge in [-0.15, -0.1) is 0 Å². The molecule has 0 radical (unpaired) electrons. The smallest absolute Gasteiger partial charge is 0.313 e. The average molecular weight is 304 g/mol. The van der Waals surface area contributed by atoms with Gasteiger partial charge in [-0.05, 0) is 49.4 Å². The van der Waals surface area contributed by atoms with Crippen LogP contribution in [-0.4, -0.2) is 18.4 Å². The zero-order valence-corrected chi connectivity index (χ0v) is 14.2. The second-order valence-electron chi connectivity index (χ2n) is 5.96. The number of hydrogen-bond donors (Lipinski definition) is 2. The molecular weight excluding hydrogens is 276 g/mol. The van der Waals surface area contributed by atoms with Crippen molar-refractivity contribution in [3.8, 4) is 0 Å². The summed E-state index contributed by atoms with van der Waals surface area (Å²) < 4.78 is 0. The Hall–Kier alpha value is -1.84. The van der Waals surface area contributed by atoms with Crippen molar-refractivity contribution in [1.29, 1.82) is 0 Å². The summed E-state index contributed by atoms with van der Waals surface area (Å²) in [5.41, 5.74) is 2.78. The quantitative estimate of drug-likeness (QED) is 0.757. The Balaban J connectivity index is 2.49. The molecule has 0 saturated heterocycles. The van der Waals surface area contributed by atoms with Crippen molar-refractivity contribution < 1.29 is 9.59 Å². The van der Waals surface area contributed by atoms with Crippen LogP contribution in [0.4, 0.5) is 5.69 Å². The monoisotopic (exact) mass is 304 g/mol. The molecule has 2 N–H and O–H groups in total. The van der Waals surface area contributed by atoms with Crippen LogP contribution in [0.5, 0.6) is 0 Å². The highest BCUT2D eigenvalue weighted by molar-refractivity contribution is 6.39. The first-order valence-corrected chi connectivity index (χ1v) is 8.13. The van der Waals surface area contributed by atoms with E-state index in [2.05, 4.69) is 24.5 Å². The van der Waals surface area contributed by atoms with Crippen molar-refractivity contribution in [2.45, 2.75) is 53.4 Å². The van der Waals surface area contributed by atoms with E-state index in [1.54, 1.807) is 0 Å². The Morgan fingerprint density at radius 3 is 2.23 bits per heavy atom. The van der Waals surface area contributed by atoms with Gasteiger partial charge in [-0.2, -0.15) is 0 Å². The maximum atomic E-state index is 11.9. The van der Waals surface area contributed by atoms with Gasteiger partial charge in [0.05, 0.1) is 0 Å². The van der Waals surface area contributed by atoms with Gasteiger partial charge in [-0.1, -0.05) is 39.2 Å². The van der Waals surface area contributed by atoms with Crippen LogP contribution in [0.15, 0.2) is 18.2 Å². The van der Waals surface area contributed by atoms with E-state index in [1.165, 1.54) is 0 Å². The molecule has 1 rings (SSSR count). The first-order chi connectivity index (χ1) is 10.5. The predicted molar refractivity (Wildman–Crippen MR) is 90.9 cm³/mol. The molecule has 0 heterocycles. The van der Waals surface area contributed by atoms with Gasteiger partial charge < -0.3 is 10.6 Å². The number of aryl methyl sites for hydroxylation is 2. The summed E-state index contributed by atoms with van der Waals surface area (Å²) in [5.74, 6) is -0.720. The van der Waals surface area contributed by atoms with Gasteiger partial charge in [-0.25, -0.2) is 0 Å². The van der Waals surface area contributed by atoms with Crippen LogP contribution in [0.25, 0.3) is 0 Å². The van der Waals surface area contributed by atoms with Gasteiger partial charge in [-0.3, -0.25) is 9.59 Å². The molecule has 4 nitrogen and oxygen atoms in total. The second-order valence-corrected chi connectivity index (χ2v) is 5.96. The maximum absolute atomic E-state index is 11.9. The second kappa shape index (κ2) is 9.23. The molecular formula is C18H28N2O2. The molecule has 22 heavy (non-hydrogen) atoms. The van der Waals surface area contributed by atoms with E-state index in [1.807, 2.05) is 32.0 Å². The first-order valence-electron chi connectivity index (χ1n) is 8.13. The number of rotatable bonds is 7. The zero-order valence-electron chi connectivity index (χ0n) is 14.2. The van der Waals surface area contributed by atoms with Crippen LogP contribution in [0.3, 0.4) is 0 Å². The van der Waals surface area contributed by atoms with Crippen LogP contribution in [-0.2, 0) is 9.59 Å². The standard InChI is InChI=1S/C18H28N2O2/c1-5-7-8-15(6-2)12-19-17(21)18(22)20-16-10-13(3)9-14(4)11-16/h9-11,15H,5-8,12H2,1-4H3,(H,19,21)(H,20,22). The molecule has 0 fully saturated rings. The number of carbonyl (C=O) groups is 2. The Bertz CT molecular complexity index is 492. The minimum atomic E-state index is -0.602. The van der Waals surface area contributed by atoms with Crippen molar-refractivity contribution in [3.05, 3.63) is 29.3 Å². The molecule has 1 aromatic rings. The summed E-state index contributed by atoms with van der Waals surface area (Å²) in [5, 5.41) is 5.40. The van der Waals surface area contributed by atoms with Crippen molar-refractivity contribution in [3.63, 3.8) is 0 Å². The van der Waals surface area contributed by atoms with E-state index in [-0.39, 0.29) is 0 Å². The fraction of sp³-hybridized carbons (Fsp3) is 0.556. The lowest BCUT2D eigenvalue weighted by atomic mass is 9.99. The summed E-state index contributed by atoms with van der Waals surface area (Å²) in [7, 11) is 0. The number of amides is 2. The predicted octanol–water partition coefficient (Wildman–Crippen LogP) is 3.57. The molecule has 122 valence electrons. The summed E-state index contributed by atoms with van der Waals surface area (Å²) >= 11 is 0. The largest absolute Gasteiger partial charge is 0.348 e. The van der Waals surface area contributed by atoms with Gasteiger partial charge in [0, 0.05) is 12.2 Å². The molecule has 4 heteroatoms. The normalized spacial score (nSPS) is 11.8. The fourth-order valence-corrected chi connectivity index (χ4v) is 2.50. The van der Waals surface area contributed by atoms with E-state index in [9.17, 15) is 9.59 Å². The lowest BCUT2D eigenvalue weighted by Crippen LogP contribution is -2.38. The Morgan fingerprint density at radius 2 is 1.68 bits per heavy atom. The van der Waals surface area contributed by atoms with Crippen LogP contribution in [0.2, 0.25) is 0 Å². The van der Waals surface area contributed by atoms with E-state index < -0.39 is 11.8 Å². The number of benzene rings is 1. The molecule has 1 atom stereocenters. The molecule has 0 aliphatic rings. The highest BCUT2D eigenvalue weighted by atomic mass is 16.2. The van der Waals surface area contributed by atoms with E-state index in [0.29, 0.717) is 18.2 Å². The third-order valence-corrected chi connectivity index (χ3v) is 3.78. The van der Waals surface area contributed by atoms with Crippen molar-refractivity contribution in [2.75, 3.05) is 11.9 Å². The molecule has 0 saturated carbocycles. The highest BCUT2D eigenvalue weighted by Gasteiger charge is 2.15. The highest BCUT2D eigenvalue weighted by Crippen LogP contribution is 2.14. The van der Waals surface area contributed by atoms with E-state index in [4.69, 9.17) is 0 Å². The van der Waals surface area contributed by atoms with Crippen molar-refractivity contribution >= 4 is 17.5 Å². The Labute approximate surface area is 133 Å². The number of anilines is 1. The number of carbonyl (C=O) groups excluding carboxylic acids is 2. The fourth-order valence-electron chi connectivity index (χ4n) is 2.50. The Morgan fingerprint density at radius 1 is 1.05 bits per heavy atom. The number of hydrogen-bond acceptors (Lipinski definition) is 2. The molecule has 0 aliphatic carbocycles. The zero-order chi connectivity index (χ0) is 16.5. The van der Waals surface area contributed by atoms with Crippen molar-refractivity contribution in [2.24, 2.45) is 5.92 Å². The number of unbranched alkanes of at least 4 members (excludes halogenated alkanes) is 1. The van der Waals surface area contributed by atoms with E-state index in [0.717, 1.165) is 36.8 Å². The van der Waals surface area contributed by atoms with E-state index >= 15 is 0 Å². The minimum Gasteiger partial charge on any atom is -0.348 e. The molecule has 0 bridgehead atoms. The SMILES string of the molecule is CCCCC(CC)CNC(=O)C(=O)Nc1cc(C)cc(C)c1. The van der Waals surface area contributed by atoms with Gasteiger partial charge in [0.2, 0.25) is 0 Å². The summed E-state index contributed by atoms with van der Waals surface area (Å²) in [4.78, 5) is 23.8. The number of nitrogens with one attached hydrogen (secondary N) is 2. The van der Waals surface area contributed by atoms with Gasteiger partial charge in [0.25, 0.3) is 0 Å². The summed E-state index contributed by atoms with van der Waals surface area (Å²) in [6, 6.07) is 5.73. The average Bonchev–Trinajstić information content (AvgIpc) is 2.46. The third kappa shape index (κ3) is 6.29. The molecule has 2 amide bonds. The van der Waals surface area contributed by atoms with Gasteiger partial charge in [0.1, 0.15) is 0 Å². The molecule has 1 aromatic carbocycles. The van der Waals surface area contributed by atoms with Crippen LogP contribution in [0.1, 0.15) is 50.7 Å². The van der Waals surface area contributed by atoms with Crippen LogP contribution in [0, 0.1) is 19.8 Å². The summed E-state index contributed by atoms with van der Waals surface area (Å²) in [6.45, 7) is 8.75. The van der Waals surface area contributed by atoms with Crippen LogP contribution >= 0.6 is 0 Å². The molecule has 0 aliphatic heterocycles. The Kier molecular flexibility index (Phi) is 7.64. The third-order valence-electron chi connectivity index (χ3n) is 3.78. The lowest BCUT2D eigenvalue weighted by molar-refractivity contribution is -0.136. The lowest BCUT2D eigenvalue weighted by Gasteiger charge is -2.15. The first kappa shape index (κ1) is 18.2. The maximum Gasteiger partial charge on any atom is 0.313 e. The minimum absolute atomic E-state index is 0.443.